The number of aliphatic hydroxyl groups is 1. The lowest BCUT2D eigenvalue weighted by Crippen LogP contribution is -2.54. The highest BCUT2D eigenvalue weighted by Gasteiger charge is 2.60. The van der Waals surface area contributed by atoms with Crippen molar-refractivity contribution in [3.8, 4) is 0 Å². The maximum absolute atomic E-state index is 13.0. The van der Waals surface area contributed by atoms with Crippen LogP contribution >= 0.6 is 0 Å². The van der Waals surface area contributed by atoms with E-state index in [4.69, 9.17) is 0 Å². The van der Waals surface area contributed by atoms with E-state index in [9.17, 15) is 9.90 Å². The number of aromatic nitrogens is 2. The van der Waals surface area contributed by atoms with Crippen LogP contribution in [0.2, 0.25) is 0 Å². The summed E-state index contributed by atoms with van der Waals surface area (Å²) in [7, 11) is 1.96. The number of hydrogen-bond donors (Lipinski definition) is 1. The molecule has 7 atom stereocenters. The molecule has 1 aromatic rings. The van der Waals surface area contributed by atoms with Gasteiger partial charge in [0.15, 0.2) is 5.78 Å². The van der Waals surface area contributed by atoms with Gasteiger partial charge >= 0.3 is 0 Å². The Morgan fingerprint density at radius 3 is 2.62 bits per heavy atom. The normalized spacial score (nSPS) is 45.8. The second-order valence-corrected chi connectivity index (χ2v) is 11.1. The van der Waals surface area contributed by atoms with Gasteiger partial charge in [0.1, 0.15) is 0 Å². The van der Waals surface area contributed by atoms with Crippen LogP contribution in [0.3, 0.4) is 0 Å². The first kappa shape index (κ1) is 19.5. The number of Topliss-reactive ketones (excluding diaryl/α,β-unsaturated/α-hetero) is 1. The largest absolute Gasteiger partial charge is 0.393 e. The Morgan fingerprint density at radius 1 is 1.14 bits per heavy atom. The number of rotatable bonds is 1. The summed E-state index contributed by atoms with van der Waals surface area (Å²) < 4.78 is 1.88. The molecule has 1 N–H and O–H groups in total. The van der Waals surface area contributed by atoms with Crippen LogP contribution < -0.4 is 0 Å². The predicted molar refractivity (Wildman–Crippen MR) is 114 cm³/mol. The molecule has 0 aromatic carbocycles. The number of aryl methyl sites for hydroxylation is 1. The fourth-order valence-corrected chi connectivity index (χ4v) is 7.96. The van der Waals surface area contributed by atoms with Gasteiger partial charge in [-0.1, -0.05) is 13.8 Å². The van der Waals surface area contributed by atoms with Gasteiger partial charge in [-0.05, 0) is 98.0 Å². The fraction of sp³-hybridized carbons (Fsp3) is 0.760. The molecule has 4 aliphatic rings. The second kappa shape index (κ2) is 6.54. The molecule has 0 radical (unpaired) electrons. The number of carbonyl (C=O) groups excluding carboxylic acids is 1. The van der Waals surface area contributed by atoms with E-state index in [-0.39, 0.29) is 16.9 Å². The third-order valence-corrected chi connectivity index (χ3v) is 9.98. The van der Waals surface area contributed by atoms with Crippen molar-refractivity contribution in [2.24, 2.45) is 41.5 Å². The molecule has 0 amide bonds. The zero-order valence-corrected chi connectivity index (χ0v) is 18.4. The molecule has 4 saturated carbocycles. The minimum atomic E-state index is -0.115. The number of aliphatic hydroxyl groups excluding tert-OH is 1. The highest BCUT2D eigenvalue weighted by molar-refractivity contribution is 6.00. The third-order valence-electron chi connectivity index (χ3n) is 9.98. The summed E-state index contributed by atoms with van der Waals surface area (Å²) in [6, 6.07) is 0. The Labute approximate surface area is 174 Å². The minimum Gasteiger partial charge on any atom is -0.393 e. The first-order chi connectivity index (χ1) is 13.7. The Bertz CT molecular complexity index is 870. The van der Waals surface area contributed by atoms with Crippen molar-refractivity contribution < 1.29 is 9.90 Å². The Morgan fingerprint density at radius 2 is 1.90 bits per heavy atom. The van der Waals surface area contributed by atoms with Crippen LogP contribution in [0.15, 0.2) is 11.8 Å². The van der Waals surface area contributed by atoms with Crippen molar-refractivity contribution in [3.05, 3.63) is 23.0 Å². The average Bonchev–Trinajstić information content (AvgIpc) is 3.16. The molecule has 158 valence electrons. The number of allylic oxidation sites excluding steroid dienone is 1. The summed E-state index contributed by atoms with van der Waals surface area (Å²) >= 11 is 0. The molecule has 29 heavy (non-hydrogen) atoms. The molecular formula is C25H36N2O2. The molecule has 4 aliphatic carbocycles. The van der Waals surface area contributed by atoms with Crippen molar-refractivity contribution in [2.45, 2.75) is 78.2 Å². The van der Waals surface area contributed by atoms with Gasteiger partial charge in [-0.2, -0.15) is 5.10 Å². The highest BCUT2D eigenvalue weighted by atomic mass is 16.3. The van der Waals surface area contributed by atoms with Gasteiger partial charge in [0, 0.05) is 24.7 Å². The monoisotopic (exact) mass is 396 g/mol. The summed E-state index contributed by atoms with van der Waals surface area (Å²) in [5.74, 6) is 2.96. The lowest BCUT2D eigenvalue weighted by Gasteiger charge is -2.60. The van der Waals surface area contributed by atoms with Gasteiger partial charge < -0.3 is 5.11 Å². The summed E-state index contributed by atoms with van der Waals surface area (Å²) in [6.07, 6.45) is 12.5. The lowest BCUT2D eigenvalue weighted by atomic mass is 9.45. The van der Waals surface area contributed by atoms with Crippen LogP contribution in [0, 0.1) is 41.4 Å². The van der Waals surface area contributed by atoms with E-state index in [1.165, 1.54) is 25.7 Å². The molecule has 4 fully saturated rings. The maximum atomic E-state index is 13.0. The molecule has 0 spiro atoms. The van der Waals surface area contributed by atoms with E-state index in [0.29, 0.717) is 23.5 Å². The summed E-state index contributed by atoms with van der Waals surface area (Å²) in [6.45, 7) is 6.90. The predicted octanol–water partition coefficient (Wildman–Crippen LogP) is 4.69. The minimum absolute atomic E-state index is 0.115. The summed E-state index contributed by atoms with van der Waals surface area (Å²) in [4.78, 5) is 13.0. The number of fused-ring (bicyclic) bond motifs is 5. The highest BCUT2D eigenvalue weighted by Crippen LogP contribution is 2.66. The molecule has 4 nitrogen and oxygen atoms in total. The molecule has 0 bridgehead atoms. The topological polar surface area (TPSA) is 55.1 Å². The standard InChI is InChI=1S/C25H36N2O2/c1-15-17(14-26-27(15)4)11-16-13-25(3)18(12-22(16)28)5-6-19-20-7-8-23(29)24(20,2)10-9-21(19)25/h11,14,18-21,23,29H,5-10,12-13H2,1-4H3/b16-11-. The van der Waals surface area contributed by atoms with Crippen LogP contribution in [-0.4, -0.2) is 26.8 Å². The fourth-order valence-electron chi connectivity index (χ4n) is 7.96. The van der Waals surface area contributed by atoms with Crippen molar-refractivity contribution in [2.75, 3.05) is 0 Å². The van der Waals surface area contributed by atoms with Crippen molar-refractivity contribution in [3.63, 3.8) is 0 Å². The van der Waals surface area contributed by atoms with Gasteiger partial charge in [0.25, 0.3) is 0 Å². The van der Waals surface area contributed by atoms with E-state index >= 15 is 0 Å². The SMILES string of the molecule is Cc1c(/C=C2/CC3(C)C(CCC4C5CCC(O)C5(C)CCC43)CC2=O)cnn1C. The smallest absolute Gasteiger partial charge is 0.159 e. The molecule has 1 heterocycles. The Kier molecular flexibility index (Phi) is 4.40. The van der Waals surface area contributed by atoms with Gasteiger partial charge in [-0.3, -0.25) is 9.48 Å². The number of carbonyl (C=O) groups is 1. The van der Waals surface area contributed by atoms with Gasteiger partial charge in [-0.15, -0.1) is 0 Å². The quantitative estimate of drug-likeness (QED) is 0.701. The first-order valence-electron chi connectivity index (χ1n) is 11.6. The summed E-state index contributed by atoms with van der Waals surface area (Å²) in [5, 5.41) is 15.0. The van der Waals surface area contributed by atoms with Crippen LogP contribution in [0.25, 0.3) is 6.08 Å². The number of hydrogen-bond acceptors (Lipinski definition) is 3. The van der Waals surface area contributed by atoms with Crippen LogP contribution in [0.1, 0.15) is 76.5 Å². The van der Waals surface area contributed by atoms with Crippen LogP contribution in [-0.2, 0) is 11.8 Å². The van der Waals surface area contributed by atoms with Crippen molar-refractivity contribution in [1.29, 1.82) is 0 Å². The molecule has 1 aromatic heterocycles. The van der Waals surface area contributed by atoms with E-state index < -0.39 is 0 Å². The van der Waals surface area contributed by atoms with Gasteiger partial charge in [0.05, 0.1) is 12.3 Å². The second-order valence-electron chi connectivity index (χ2n) is 11.1. The zero-order chi connectivity index (χ0) is 20.6. The average molecular weight is 397 g/mol. The molecule has 0 aliphatic heterocycles. The van der Waals surface area contributed by atoms with E-state index in [1.54, 1.807) is 0 Å². The van der Waals surface area contributed by atoms with Gasteiger partial charge in [-0.25, -0.2) is 0 Å². The van der Waals surface area contributed by atoms with Gasteiger partial charge in [0.2, 0.25) is 0 Å². The third kappa shape index (κ3) is 2.74. The van der Waals surface area contributed by atoms with E-state index in [2.05, 4.69) is 31.9 Å². The van der Waals surface area contributed by atoms with Crippen molar-refractivity contribution >= 4 is 11.9 Å². The van der Waals surface area contributed by atoms with Crippen LogP contribution in [0.5, 0.6) is 0 Å². The molecule has 7 unspecified atom stereocenters. The van der Waals surface area contributed by atoms with E-state index in [0.717, 1.165) is 48.4 Å². The molecule has 0 saturated heterocycles. The Balaban J connectivity index is 1.47. The number of ketones is 1. The molecule has 4 heteroatoms. The van der Waals surface area contributed by atoms with E-state index in [1.807, 2.05) is 17.9 Å². The zero-order valence-electron chi connectivity index (χ0n) is 18.4. The summed E-state index contributed by atoms with van der Waals surface area (Å²) in [5.41, 5.74) is 3.56. The van der Waals surface area contributed by atoms with Crippen LogP contribution in [0.4, 0.5) is 0 Å². The Hall–Kier alpha value is -1.42. The molecular weight excluding hydrogens is 360 g/mol. The number of nitrogens with zero attached hydrogens (tertiary/aromatic N) is 2. The first-order valence-corrected chi connectivity index (χ1v) is 11.6. The van der Waals surface area contributed by atoms with Crippen molar-refractivity contribution in [1.82, 2.24) is 9.78 Å². The lowest BCUT2D eigenvalue weighted by molar-refractivity contribution is -0.134. The molecule has 5 rings (SSSR count). The maximum Gasteiger partial charge on any atom is 0.159 e.